The van der Waals surface area contributed by atoms with Gasteiger partial charge in [0.25, 0.3) is 0 Å². The molecule has 0 unspecified atom stereocenters. The quantitative estimate of drug-likeness (QED) is 0.770. The topological polar surface area (TPSA) is 27.7 Å². The van der Waals surface area contributed by atoms with Crippen molar-refractivity contribution in [3.8, 4) is 5.75 Å². The molecule has 2 aromatic rings. The molecule has 0 saturated carbocycles. The molecule has 4 heteroatoms. The summed E-state index contributed by atoms with van der Waals surface area (Å²) in [7, 11) is -0.336. The fourth-order valence-corrected chi connectivity index (χ4v) is 2.59. The van der Waals surface area contributed by atoms with Crippen LogP contribution in [0, 0.1) is 0 Å². The molecule has 0 radical (unpaired) electrons. The van der Waals surface area contributed by atoms with Gasteiger partial charge in [-0.3, -0.25) is 0 Å². The van der Waals surface area contributed by atoms with Crippen LogP contribution in [-0.4, -0.2) is 24.9 Å². The van der Waals surface area contributed by atoms with E-state index in [9.17, 15) is 0 Å². The lowest BCUT2D eigenvalue weighted by Gasteiger charge is -2.32. The van der Waals surface area contributed by atoms with Crippen molar-refractivity contribution in [2.45, 2.75) is 38.9 Å². The first-order valence-electron chi connectivity index (χ1n) is 8.67. The first kappa shape index (κ1) is 17.8. The van der Waals surface area contributed by atoms with Gasteiger partial charge in [0.05, 0.1) is 11.2 Å². The average Bonchev–Trinajstić information content (AvgIpc) is 2.81. The molecule has 3 rings (SSSR count). The highest BCUT2D eigenvalue weighted by Crippen LogP contribution is 2.36. The van der Waals surface area contributed by atoms with E-state index in [4.69, 9.17) is 14.0 Å². The van der Waals surface area contributed by atoms with Crippen LogP contribution in [-0.2, 0) is 9.31 Å². The van der Waals surface area contributed by atoms with Crippen molar-refractivity contribution >= 4 is 18.7 Å². The van der Waals surface area contributed by atoms with Crippen LogP contribution < -0.4 is 10.2 Å². The summed E-state index contributed by atoms with van der Waals surface area (Å²) in [4.78, 5) is 0. The van der Waals surface area contributed by atoms with Crippen molar-refractivity contribution in [1.82, 2.24) is 0 Å². The van der Waals surface area contributed by atoms with Crippen molar-refractivity contribution in [3.63, 3.8) is 0 Å². The minimum atomic E-state index is -0.336. The van der Waals surface area contributed by atoms with Crippen LogP contribution in [0.3, 0.4) is 0 Å². The summed E-state index contributed by atoms with van der Waals surface area (Å²) >= 11 is 0. The van der Waals surface area contributed by atoms with E-state index >= 15 is 0 Å². The second-order valence-electron chi connectivity index (χ2n) is 7.28. The van der Waals surface area contributed by atoms with E-state index in [1.807, 2.05) is 48.5 Å². The highest BCUT2D eigenvalue weighted by Gasteiger charge is 2.51. The van der Waals surface area contributed by atoms with Gasteiger partial charge in [-0.1, -0.05) is 48.5 Å². The van der Waals surface area contributed by atoms with E-state index in [1.54, 1.807) is 0 Å². The summed E-state index contributed by atoms with van der Waals surface area (Å²) in [6.45, 7) is 8.77. The van der Waals surface area contributed by atoms with Crippen molar-refractivity contribution in [3.05, 3.63) is 66.2 Å². The molecule has 2 aromatic carbocycles. The first-order valence-corrected chi connectivity index (χ1v) is 8.67. The van der Waals surface area contributed by atoms with E-state index in [1.165, 1.54) is 5.56 Å². The Kier molecular flexibility index (Phi) is 5.02. The third-order valence-corrected chi connectivity index (χ3v) is 4.86. The molecular formula is C21H25BO3. The lowest BCUT2D eigenvalue weighted by molar-refractivity contribution is 0.00578. The van der Waals surface area contributed by atoms with Gasteiger partial charge >= 0.3 is 7.12 Å². The highest BCUT2D eigenvalue weighted by molar-refractivity contribution is 6.62. The lowest BCUT2D eigenvalue weighted by atomic mass is 9.79. The largest absolute Gasteiger partial charge is 0.494 e. The van der Waals surface area contributed by atoms with Crippen molar-refractivity contribution < 1.29 is 14.0 Å². The first-order chi connectivity index (χ1) is 11.9. The van der Waals surface area contributed by atoms with E-state index in [0.29, 0.717) is 6.61 Å². The number of benzene rings is 2. The normalized spacial score (nSPS) is 18.6. The Balaban J connectivity index is 1.55. The molecule has 0 N–H and O–H groups in total. The van der Waals surface area contributed by atoms with Gasteiger partial charge in [0.15, 0.2) is 0 Å². The van der Waals surface area contributed by atoms with Gasteiger partial charge in [0.1, 0.15) is 12.4 Å². The Labute approximate surface area is 150 Å². The predicted octanol–water partition coefficient (Wildman–Crippen LogP) is 4.08. The van der Waals surface area contributed by atoms with Gasteiger partial charge in [-0.25, -0.2) is 0 Å². The number of hydrogen-bond donors (Lipinski definition) is 0. The molecule has 0 aliphatic carbocycles. The second kappa shape index (κ2) is 7.07. The van der Waals surface area contributed by atoms with Crippen LogP contribution in [0.2, 0.25) is 0 Å². The Morgan fingerprint density at radius 3 is 2.08 bits per heavy atom. The summed E-state index contributed by atoms with van der Waals surface area (Å²) in [6, 6.07) is 18.1. The summed E-state index contributed by atoms with van der Waals surface area (Å²) in [5.41, 5.74) is 1.53. The maximum Gasteiger partial charge on any atom is 0.494 e. The maximum absolute atomic E-state index is 6.06. The SMILES string of the molecule is CC1(C)OB(c2ccc(OC/C=C/c3ccccc3)cc2)OC1(C)C. The maximum atomic E-state index is 6.06. The molecule has 3 nitrogen and oxygen atoms in total. The molecule has 1 aliphatic rings. The molecule has 1 saturated heterocycles. The molecule has 0 amide bonds. The molecule has 1 heterocycles. The van der Waals surface area contributed by atoms with Crippen LogP contribution in [0.5, 0.6) is 5.75 Å². The van der Waals surface area contributed by atoms with Crippen molar-refractivity contribution in [1.29, 1.82) is 0 Å². The zero-order valence-corrected chi connectivity index (χ0v) is 15.4. The molecule has 1 aliphatic heterocycles. The fourth-order valence-electron chi connectivity index (χ4n) is 2.59. The van der Waals surface area contributed by atoms with Gasteiger partial charge in [-0.15, -0.1) is 0 Å². The highest BCUT2D eigenvalue weighted by atomic mass is 16.7. The van der Waals surface area contributed by atoms with Gasteiger partial charge in [-0.05, 0) is 56.9 Å². The van der Waals surface area contributed by atoms with Crippen LogP contribution in [0.1, 0.15) is 33.3 Å². The number of hydrogen-bond acceptors (Lipinski definition) is 3. The monoisotopic (exact) mass is 336 g/mol. The van der Waals surface area contributed by atoms with Crippen LogP contribution in [0.25, 0.3) is 6.08 Å². The van der Waals surface area contributed by atoms with Gasteiger partial charge in [0, 0.05) is 0 Å². The molecule has 130 valence electrons. The number of ether oxygens (including phenoxy) is 1. The minimum Gasteiger partial charge on any atom is -0.490 e. The summed E-state index contributed by atoms with van der Waals surface area (Å²) in [5, 5.41) is 0. The third-order valence-electron chi connectivity index (χ3n) is 4.86. The second-order valence-corrected chi connectivity index (χ2v) is 7.28. The lowest BCUT2D eigenvalue weighted by Crippen LogP contribution is -2.41. The summed E-state index contributed by atoms with van der Waals surface area (Å²) in [5.74, 6) is 0.831. The Morgan fingerprint density at radius 1 is 0.880 bits per heavy atom. The van der Waals surface area contributed by atoms with E-state index in [0.717, 1.165) is 11.2 Å². The zero-order valence-electron chi connectivity index (χ0n) is 15.4. The van der Waals surface area contributed by atoms with Gasteiger partial charge < -0.3 is 14.0 Å². The van der Waals surface area contributed by atoms with Crippen molar-refractivity contribution in [2.75, 3.05) is 6.61 Å². The molecule has 1 fully saturated rings. The minimum absolute atomic E-state index is 0.324. The predicted molar refractivity (Wildman–Crippen MR) is 103 cm³/mol. The van der Waals surface area contributed by atoms with Crippen LogP contribution in [0.4, 0.5) is 0 Å². The molecule has 0 spiro atoms. The standard InChI is InChI=1S/C21H25BO3/c1-20(2)21(3,4)25-22(24-20)18-12-14-19(15-13-18)23-16-8-11-17-9-6-5-7-10-17/h5-15H,16H2,1-4H3/b11-8+. The smallest absolute Gasteiger partial charge is 0.490 e. The molecule has 0 bridgehead atoms. The van der Waals surface area contributed by atoms with Crippen LogP contribution >= 0.6 is 0 Å². The van der Waals surface area contributed by atoms with Crippen LogP contribution in [0.15, 0.2) is 60.7 Å². The Morgan fingerprint density at radius 2 is 1.48 bits per heavy atom. The van der Waals surface area contributed by atoms with E-state index in [2.05, 4.69) is 45.9 Å². The zero-order chi connectivity index (χ0) is 17.9. The Bertz CT molecular complexity index is 705. The number of rotatable bonds is 5. The molecule has 0 aromatic heterocycles. The Hall–Kier alpha value is -2.04. The van der Waals surface area contributed by atoms with E-state index in [-0.39, 0.29) is 18.3 Å². The molecule has 0 atom stereocenters. The van der Waals surface area contributed by atoms with Gasteiger partial charge in [-0.2, -0.15) is 0 Å². The van der Waals surface area contributed by atoms with Crippen molar-refractivity contribution in [2.24, 2.45) is 0 Å². The fraction of sp³-hybridized carbons (Fsp3) is 0.333. The molecule has 25 heavy (non-hydrogen) atoms. The third kappa shape index (κ3) is 4.14. The van der Waals surface area contributed by atoms with Gasteiger partial charge in [0.2, 0.25) is 0 Å². The summed E-state index contributed by atoms with van der Waals surface area (Å²) in [6.07, 6.45) is 4.07. The average molecular weight is 336 g/mol. The molecular weight excluding hydrogens is 311 g/mol. The van der Waals surface area contributed by atoms with E-state index < -0.39 is 0 Å². The summed E-state index contributed by atoms with van der Waals surface area (Å²) < 4.78 is 17.9.